The maximum absolute atomic E-state index is 12.4. The van der Waals surface area contributed by atoms with Crippen molar-refractivity contribution < 1.29 is 18.3 Å². The molecule has 18 heavy (non-hydrogen) atoms. The normalized spacial score (nSPS) is 11.1. The van der Waals surface area contributed by atoms with Gasteiger partial charge in [-0.1, -0.05) is 26.0 Å². The second-order valence-electron chi connectivity index (χ2n) is 4.09. The molecular formula is C13H19F2NO2. The van der Waals surface area contributed by atoms with Crippen molar-refractivity contribution in [1.29, 1.82) is 0 Å². The third kappa shape index (κ3) is 4.49. The lowest BCUT2D eigenvalue weighted by Crippen LogP contribution is -2.22. The van der Waals surface area contributed by atoms with Crippen LogP contribution in [0.2, 0.25) is 0 Å². The van der Waals surface area contributed by atoms with E-state index in [2.05, 4.69) is 10.1 Å². The number of para-hydroxylation sites is 1. The van der Waals surface area contributed by atoms with Crippen molar-refractivity contribution in [3.63, 3.8) is 0 Å². The Hall–Kier alpha value is -1.36. The van der Waals surface area contributed by atoms with Gasteiger partial charge in [0, 0.05) is 18.2 Å². The Bertz CT molecular complexity index is 370. The van der Waals surface area contributed by atoms with E-state index in [0.29, 0.717) is 24.5 Å². The number of ether oxygens (including phenoxy) is 2. The topological polar surface area (TPSA) is 30.5 Å². The lowest BCUT2D eigenvalue weighted by molar-refractivity contribution is -0.0521. The van der Waals surface area contributed by atoms with Gasteiger partial charge in [0.1, 0.15) is 0 Å². The standard InChI is InChI=1S/C13H19F2NO2/c1-4-17-11-7-5-6-10(8-16-9(2)3)12(11)18-13(14)15/h5-7,9,13,16H,4,8H2,1-3H3. The predicted octanol–water partition coefficient (Wildman–Crippen LogP) is 3.18. The molecule has 0 saturated carbocycles. The molecule has 1 N–H and O–H groups in total. The van der Waals surface area contributed by atoms with Gasteiger partial charge in [-0.2, -0.15) is 8.78 Å². The fourth-order valence-electron chi connectivity index (χ4n) is 1.51. The molecule has 0 atom stereocenters. The van der Waals surface area contributed by atoms with E-state index in [1.54, 1.807) is 25.1 Å². The molecule has 3 nitrogen and oxygen atoms in total. The molecule has 0 fully saturated rings. The summed E-state index contributed by atoms with van der Waals surface area (Å²) in [5, 5.41) is 3.16. The van der Waals surface area contributed by atoms with Crippen molar-refractivity contribution in [1.82, 2.24) is 5.32 Å². The van der Waals surface area contributed by atoms with Gasteiger partial charge in [-0.3, -0.25) is 0 Å². The summed E-state index contributed by atoms with van der Waals surface area (Å²) in [5.74, 6) is 0.461. The van der Waals surface area contributed by atoms with Gasteiger partial charge in [0.25, 0.3) is 0 Å². The van der Waals surface area contributed by atoms with Crippen LogP contribution in [0.1, 0.15) is 26.3 Å². The van der Waals surface area contributed by atoms with Gasteiger partial charge in [-0.05, 0) is 13.0 Å². The summed E-state index contributed by atoms with van der Waals surface area (Å²) in [7, 11) is 0. The Balaban J connectivity index is 2.95. The minimum absolute atomic E-state index is 0.113. The van der Waals surface area contributed by atoms with Gasteiger partial charge in [-0.25, -0.2) is 0 Å². The first-order chi connectivity index (χ1) is 8.54. The Labute approximate surface area is 106 Å². The summed E-state index contributed by atoms with van der Waals surface area (Å²) < 4.78 is 34.7. The molecule has 0 aliphatic rings. The van der Waals surface area contributed by atoms with E-state index in [1.165, 1.54) is 0 Å². The number of halogens is 2. The van der Waals surface area contributed by atoms with Crippen molar-refractivity contribution in [2.45, 2.75) is 40.0 Å². The summed E-state index contributed by atoms with van der Waals surface area (Å²) in [6.07, 6.45) is 0. The summed E-state index contributed by atoms with van der Waals surface area (Å²) in [4.78, 5) is 0. The molecule has 1 aromatic carbocycles. The molecule has 0 bridgehead atoms. The van der Waals surface area contributed by atoms with Crippen molar-refractivity contribution in [3.8, 4) is 11.5 Å². The van der Waals surface area contributed by atoms with Gasteiger partial charge in [0.15, 0.2) is 11.5 Å². The Morgan fingerprint density at radius 1 is 1.28 bits per heavy atom. The van der Waals surface area contributed by atoms with Crippen LogP contribution in [0.5, 0.6) is 11.5 Å². The smallest absolute Gasteiger partial charge is 0.387 e. The first-order valence-electron chi connectivity index (χ1n) is 5.97. The Morgan fingerprint density at radius 3 is 2.56 bits per heavy atom. The molecule has 0 amide bonds. The first-order valence-corrected chi connectivity index (χ1v) is 5.97. The molecule has 0 saturated heterocycles. The fraction of sp³-hybridized carbons (Fsp3) is 0.538. The van der Waals surface area contributed by atoms with Gasteiger partial charge in [-0.15, -0.1) is 0 Å². The van der Waals surface area contributed by atoms with Crippen molar-refractivity contribution in [3.05, 3.63) is 23.8 Å². The van der Waals surface area contributed by atoms with Crippen LogP contribution in [0.25, 0.3) is 0 Å². The molecular weight excluding hydrogens is 240 g/mol. The maximum Gasteiger partial charge on any atom is 0.387 e. The van der Waals surface area contributed by atoms with Crippen LogP contribution in [0.4, 0.5) is 8.78 Å². The summed E-state index contributed by atoms with van der Waals surface area (Å²) in [5.41, 5.74) is 0.662. The van der Waals surface area contributed by atoms with Crippen LogP contribution in [-0.4, -0.2) is 19.3 Å². The zero-order chi connectivity index (χ0) is 13.5. The zero-order valence-electron chi connectivity index (χ0n) is 10.9. The Morgan fingerprint density at radius 2 is 2.00 bits per heavy atom. The SMILES string of the molecule is CCOc1cccc(CNC(C)C)c1OC(F)F. The highest BCUT2D eigenvalue weighted by molar-refractivity contribution is 5.46. The zero-order valence-corrected chi connectivity index (χ0v) is 10.9. The maximum atomic E-state index is 12.4. The minimum atomic E-state index is -2.86. The van der Waals surface area contributed by atoms with E-state index >= 15 is 0 Å². The number of nitrogens with one attached hydrogen (secondary N) is 1. The summed E-state index contributed by atoms with van der Waals surface area (Å²) >= 11 is 0. The molecule has 0 heterocycles. The molecule has 0 aromatic heterocycles. The number of alkyl halides is 2. The molecule has 1 rings (SSSR count). The van der Waals surface area contributed by atoms with Gasteiger partial charge in [0.2, 0.25) is 0 Å². The first kappa shape index (κ1) is 14.7. The largest absolute Gasteiger partial charge is 0.490 e. The van der Waals surface area contributed by atoms with Crippen molar-refractivity contribution in [2.75, 3.05) is 6.61 Å². The molecule has 0 aliphatic carbocycles. The van der Waals surface area contributed by atoms with Crippen LogP contribution in [0, 0.1) is 0 Å². The third-order valence-electron chi connectivity index (χ3n) is 2.27. The van der Waals surface area contributed by atoms with Crippen LogP contribution < -0.4 is 14.8 Å². The molecule has 0 radical (unpaired) electrons. The number of benzene rings is 1. The average molecular weight is 259 g/mol. The molecule has 0 unspecified atom stereocenters. The van der Waals surface area contributed by atoms with Gasteiger partial charge >= 0.3 is 6.61 Å². The highest BCUT2D eigenvalue weighted by Gasteiger charge is 2.15. The molecule has 0 aliphatic heterocycles. The monoisotopic (exact) mass is 259 g/mol. The van der Waals surface area contributed by atoms with Crippen LogP contribution in [0.15, 0.2) is 18.2 Å². The van der Waals surface area contributed by atoms with Gasteiger partial charge in [0.05, 0.1) is 6.61 Å². The highest BCUT2D eigenvalue weighted by atomic mass is 19.3. The number of rotatable bonds is 7. The molecule has 0 spiro atoms. The minimum Gasteiger partial charge on any atom is -0.490 e. The van der Waals surface area contributed by atoms with E-state index in [0.717, 1.165) is 0 Å². The van der Waals surface area contributed by atoms with Crippen molar-refractivity contribution in [2.24, 2.45) is 0 Å². The van der Waals surface area contributed by atoms with E-state index < -0.39 is 6.61 Å². The lowest BCUT2D eigenvalue weighted by Gasteiger charge is -2.16. The molecule has 1 aromatic rings. The van der Waals surface area contributed by atoms with Gasteiger partial charge < -0.3 is 14.8 Å². The van der Waals surface area contributed by atoms with Crippen molar-refractivity contribution >= 4 is 0 Å². The van der Waals surface area contributed by atoms with Crippen LogP contribution >= 0.6 is 0 Å². The van der Waals surface area contributed by atoms with E-state index in [4.69, 9.17) is 4.74 Å². The number of hydrogen-bond donors (Lipinski definition) is 1. The van der Waals surface area contributed by atoms with E-state index in [9.17, 15) is 8.78 Å². The van der Waals surface area contributed by atoms with E-state index in [1.807, 2.05) is 13.8 Å². The quantitative estimate of drug-likeness (QED) is 0.815. The van der Waals surface area contributed by atoms with Crippen LogP contribution in [0.3, 0.4) is 0 Å². The molecule has 5 heteroatoms. The third-order valence-corrected chi connectivity index (χ3v) is 2.27. The predicted molar refractivity (Wildman–Crippen MR) is 66.2 cm³/mol. The summed E-state index contributed by atoms with van der Waals surface area (Å²) in [6, 6.07) is 5.40. The highest BCUT2D eigenvalue weighted by Crippen LogP contribution is 2.32. The Kier molecular flexibility index (Phi) is 5.85. The lowest BCUT2D eigenvalue weighted by atomic mass is 10.1. The van der Waals surface area contributed by atoms with E-state index in [-0.39, 0.29) is 11.8 Å². The second-order valence-corrected chi connectivity index (χ2v) is 4.09. The van der Waals surface area contributed by atoms with Crippen LogP contribution in [-0.2, 0) is 6.54 Å². The average Bonchev–Trinajstić information content (AvgIpc) is 2.29. The molecule has 102 valence electrons. The second kappa shape index (κ2) is 7.16. The summed E-state index contributed by atoms with van der Waals surface area (Å²) in [6.45, 7) is 3.77. The fourth-order valence-corrected chi connectivity index (χ4v) is 1.51. The number of hydrogen-bond acceptors (Lipinski definition) is 3.